The molecular formula is C11H8FNO4. The highest BCUT2D eigenvalue weighted by Gasteiger charge is 2.33. The maximum absolute atomic E-state index is 12.9. The molecule has 0 spiro atoms. The molecular weight excluding hydrogens is 229 g/mol. The number of carbonyl (C=O) groups excluding carboxylic acids is 2. The molecule has 2 rings (SSSR count). The number of aromatic carboxylic acids is 1. The molecule has 0 aliphatic carbocycles. The largest absolute Gasteiger partial charge is 0.478 e. The summed E-state index contributed by atoms with van der Waals surface area (Å²) in [6.45, 7) is 0. The van der Waals surface area contributed by atoms with Gasteiger partial charge in [0.15, 0.2) is 0 Å². The number of carboxylic acid groups (broad SMARTS) is 1. The monoisotopic (exact) mass is 237 g/mol. The lowest BCUT2D eigenvalue weighted by molar-refractivity contribution is -0.121. The van der Waals surface area contributed by atoms with Crippen LogP contribution in [-0.2, 0) is 9.59 Å². The fourth-order valence-corrected chi connectivity index (χ4v) is 1.72. The molecule has 1 aliphatic rings. The molecule has 6 heteroatoms. The summed E-state index contributed by atoms with van der Waals surface area (Å²) in [5, 5.41) is 8.91. The highest BCUT2D eigenvalue weighted by Crippen LogP contribution is 2.27. The Kier molecular flexibility index (Phi) is 2.63. The highest BCUT2D eigenvalue weighted by molar-refractivity contribution is 6.21. The van der Waals surface area contributed by atoms with Crippen molar-refractivity contribution in [2.45, 2.75) is 12.8 Å². The van der Waals surface area contributed by atoms with Crippen LogP contribution in [0.4, 0.5) is 10.1 Å². The normalized spacial score (nSPS) is 15.5. The van der Waals surface area contributed by atoms with Gasteiger partial charge in [-0.25, -0.2) is 14.1 Å². The van der Waals surface area contributed by atoms with Gasteiger partial charge in [0.2, 0.25) is 11.8 Å². The van der Waals surface area contributed by atoms with Gasteiger partial charge in [0.25, 0.3) is 0 Å². The number of nitrogens with zero attached hydrogens (tertiary/aromatic N) is 1. The van der Waals surface area contributed by atoms with Crippen LogP contribution >= 0.6 is 0 Å². The second kappa shape index (κ2) is 3.97. The molecule has 5 nitrogen and oxygen atoms in total. The predicted molar refractivity (Wildman–Crippen MR) is 55.1 cm³/mol. The van der Waals surface area contributed by atoms with Crippen LogP contribution in [0.15, 0.2) is 18.2 Å². The smallest absolute Gasteiger partial charge is 0.337 e. The molecule has 2 amide bonds. The Hall–Kier alpha value is -2.24. The van der Waals surface area contributed by atoms with E-state index >= 15 is 0 Å². The van der Waals surface area contributed by atoms with Gasteiger partial charge in [0.05, 0.1) is 11.3 Å². The number of carbonyl (C=O) groups is 3. The molecule has 0 radical (unpaired) electrons. The van der Waals surface area contributed by atoms with Crippen LogP contribution in [0, 0.1) is 5.82 Å². The molecule has 1 heterocycles. The molecule has 1 fully saturated rings. The first-order chi connectivity index (χ1) is 8.00. The third-order valence-electron chi connectivity index (χ3n) is 2.48. The third-order valence-corrected chi connectivity index (χ3v) is 2.48. The Labute approximate surface area is 95.5 Å². The number of carboxylic acids is 1. The number of amides is 2. The van der Waals surface area contributed by atoms with E-state index in [0.29, 0.717) is 0 Å². The number of benzene rings is 1. The van der Waals surface area contributed by atoms with Crippen LogP contribution in [0.2, 0.25) is 0 Å². The summed E-state index contributed by atoms with van der Waals surface area (Å²) in [5.74, 6) is -3.05. The van der Waals surface area contributed by atoms with E-state index in [9.17, 15) is 18.8 Å². The van der Waals surface area contributed by atoms with E-state index in [2.05, 4.69) is 0 Å². The summed E-state index contributed by atoms with van der Waals surface area (Å²) >= 11 is 0. The van der Waals surface area contributed by atoms with Crippen molar-refractivity contribution in [1.29, 1.82) is 0 Å². The van der Waals surface area contributed by atoms with E-state index in [1.165, 1.54) is 0 Å². The van der Waals surface area contributed by atoms with E-state index in [0.717, 1.165) is 23.1 Å². The zero-order valence-electron chi connectivity index (χ0n) is 8.64. The van der Waals surface area contributed by atoms with Gasteiger partial charge in [0, 0.05) is 12.8 Å². The zero-order chi connectivity index (χ0) is 12.6. The number of rotatable bonds is 2. The summed E-state index contributed by atoms with van der Waals surface area (Å²) in [6, 6.07) is 2.93. The first-order valence-electron chi connectivity index (χ1n) is 4.89. The molecule has 0 bridgehead atoms. The molecule has 0 unspecified atom stereocenters. The number of halogens is 1. The number of hydrogen-bond donors (Lipinski definition) is 1. The van der Waals surface area contributed by atoms with Gasteiger partial charge < -0.3 is 5.11 Å². The van der Waals surface area contributed by atoms with Crippen LogP contribution in [0.1, 0.15) is 23.2 Å². The molecule has 1 aromatic carbocycles. The fourth-order valence-electron chi connectivity index (χ4n) is 1.72. The summed E-state index contributed by atoms with van der Waals surface area (Å²) in [5.41, 5.74) is -0.472. The van der Waals surface area contributed by atoms with Crippen LogP contribution in [0.25, 0.3) is 0 Å². The van der Waals surface area contributed by atoms with Crippen molar-refractivity contribution in [2.75, 3.05) is 4.90 Å². The summed E-state index contributed by atoms with van der Waals surface area (Å²) in [7, 11) is 0. The summed E-state index contributed by atoms with van der Waals surface area (Å²) in [6.07, 6.45) is 0.102. The highest BCUT2D eigenvalue weighted by atomic mass is 19.1. The second-order valence-electron chi connectivity index (χ2n) is 3.59. The van der Waals surface area contributed by atoms with Crippen molar-refractivity contribution >= 4 is 23.5 Å². The minimum absolute atomic E-state index is 0.0509. The SMILES string of the molecule is O=C(O)c1cc(F)ccc1N1C(=O)CCC1=O. The van der Waals surface area contributed by atoms with Gasteiger partial charge in [-0.15, -0.1) is 0 Å². The first kappa shape index (κ1) is 11.3. The molecule has 1 N–H and O–H groups in total. The maximum Gasteiger partial charge on any atom is 0.337 e. The molecule has 17 heavy (non-hydrogen) atoms. The maximum atomic E-state index is 12.9. The Morgan fingerprint density at radius 1 is 1.24 bits per heavy atom. The van der Waals surface area contributed by atoms with Crippen LogP contribution in [0.5, 0.6) is 0 Å². The molecule has 0 atom stereocenters. The Morgan fingerprint density at radius 3 is 2.35 bits per heavy atom. The van der Waals surface area contributed by atoms with E-state index < -0.39 is 29.2 Å². The third kappa shape index (κ3) is 1.89. The van der Waals surface area contributed by atoms with Crippen LogP contribution in [-0.4, -0.2) is 22.9 Å². The molecule has 1 aliphatic heterocycles. The van der Waals surface area contributed by atoms with Crippen molar-refractivity contribution < 1.29 is 23.9 Å². The van der Waals surface area contributed by atoms with Gasteiger partial charge >= 0.3 is 5.97 Å². The predicted octanol–water partition coefficient (Wildman–Crippen LogP) is 1.18. The molecule has 1 saturated heterocycles. The average molecular weight is 237 g/mol. The van der Waals surface area contributed by atoms with Gasteiger partial charge in [-0.05, 0) is 18.2 Å². The fraction of sp³-hybridized carbons (Fsp3) is 0.182. The number of hydrogen-bond acceptors (Lipinski definition) is 3. The Balaban J connectivity index is 2.55. The van der Waals surface area contributed by atoms with Crippen molar-refractivity contribution in [3.8, 4) is 0 Å². The summed E-state index contributed by atoms with van der Waals surface area (Å²) in [4.78, 5) is 34.6. The van der Waals surface area contributed by atoms with Gasteiger partial charge in [-0.3, -0.25) is 9.59 Å². The van der Waals surface area contributed by atoms with E-state index in [1.54, 1.807) is 0 Å². The van der Waals surface area contributed by atoms with Gasteiger partial charge in [-0.1, -0.05) is 0 Å². The van der Waals surface area contributed by atoms with Crippen molar-refractivity contribution in [1.82, 2.24) is 0 Å². The van der Waals surface area contributed by atoms with E-state index in [-0.39, 0.29) is 18.5 Å². The van der Waals surface area contributed by atoms with Crippen LogP contribution < -0.4 is 4.90 Å². The lowest BCUT2D eigenvalue weighted by atomic mass is 10.1. The van der Waals surface area contributed by atoms with Crippen molar-refractivity contribution in [3.63, 3.8) is 0 Å². The quantitative estimate of drug-likeness (QED) is 0.783. The molecule has 88 valence electrons. The van der Waals surface area contributed by atoms with Crippen molar-refractivity contribution in [3.05, 3.63) is 29.6 Å². The lowest BCUT2D eigenvalue weighted by Crippen LogP contribution is -2.30. The average Bonchev–Trinajstić information content (AvgIpc) is 2.59. The Morgan fingerprint density at radius 2 is 1.82 bits per heavy atom. The molecule has 1 aromatic rings. The molecule has 0 aromatic heterocycles. The summed E-state index contributed by atoms with van der Waals surface area (Å²) < 4.78 is 12.9. The van der Waals surface area contributed by atoms with Crippen LogP contribution in [0.3, 0.4) is 0 Å². The zero-order valence-corrected chi connectivity index (χ0v) is 8.64. The lowest BCUT2D eigenvalue weighted by Gasteiger charge is -2.16. The Bertz CT molecular complexity index is 510. The van der Waals surface area contributed by atoms with E-state index in [1.807, 2.05) is 0 Å². The topological polar surface area (TPSA) is 74.7 Å². The molecule has 0 saturated carbocycles. The second-order valence-corrected chi connectivity index (χ2v) is 3.59. The minimum Gasteiger partial charge on any atom is -0.478 e. The first-order valence-corrected chi connectivity index (χ1v) is 4.89. The number of imide groups is 1. The standard InChI is InChI=1S/C11H8FNO4/c12-6-1-2-8(7(5-6)11(16)17)13-9(14)3-4-10(13)15/h1-2,5H,3-4H2,(H,16,17). The minimum atomic E-state index is -1.38. The van der Waals surface area contributed by atoms with Gasteiger partial charge in [-0.2, -0.15) is 0 Å². The number of anilines is 1. The van der Waals surface area contributed by atoms with Crippen molar-refractivity contribution in [2.24, 2.45) is 0 Å². The van der Waals surface area contributed by atoms with Gasteiger partial charge in [0.1, 0.15) is 5.82 Å². The van der Waals surface area contributed by atoms with E-state index in [4.69, 9.17) is 5.11 Å².